The molecule has 1 aliphatic heterocycles. The van der Waals surface area contributed by atoms with Gasteiger partial charge in [-0.2, -0.15) is 0 Å². The van der Waals surface area contributed by atoms with Gasteiger partial charge in [-0.3, -0.25) is 4.79 Å². The Hall–Kier alpha value is -3.55. The van der Waals surface area contributed by atoms with Crippen LogP contribution in [0, 0.1) is 5.92 Å². The Labute approximate surface area is 262 Å². The van der Waals surface area contributed by atoms with Crippen molar-refractivity contribution < 1.29 is 40.4 Å². The van der Waals surface area contributed by atoms with Crippen LogP contribution in [0.15, 0.2) is 56.8 Å². The number of nitrogens with zero attached hydrogens (tertiary/aromatic N) is 2. The van der Waals surface area contributed by atoms with Crippen LogP contribution in [0.5, 0.6) is 0 Å². The molecule has 3 aliphatic rings. The third-order valence-corrected chi connectivity index (χ3v) is 10.7. The molecule has 0 N–H and O–H groups in total. The number of rotatable bonds is 9. The first-order chi connectivity index (χ1) is 21.0. The number of sulfone groups is 2. The molecule has 3 atom stereocenters. The Morgan fingerprint density at radius 3 is 2.13 bits per heavy atom. The monoisotopic (exact) mass is 656 g/mol. The van der Waals surface area contributed by atoms with E-state index in [0.717, 1.165) is 25.4 Å². The third kappa shape index (κ3) is 6.17. The van der Waals surface area contributed by atoms with Gasteiger partial charge in [-0.1, -0.05) is 11.2 Å². The average Bonchev–Trinajstić information content (AvgIpc) is 3.44. The molecule has 2 aliphatic carbocycles. The molecule has 0 radical (unpaired) electrons. The van der Waals surface area contributed by atoms with Crippen LogP contribution in [0.1, 0.15) is 74.1 Å². The first kappa shape index (κ1) is 31.4. The Morgan fingerprint density at radius 1 is 0.978 bits per heavy atom. The van der Waals surface area contributed by atoms with Crippen LogP contribution in [0.25, 0.3) is 11.3 Å². The normalized spacial score (nSPS) is 21.8. The van der Waals surface area contributed by atoms with Crippen LogP contribution in [-0.2, 0) is 40.5 Å². The number of aromatic nitrogens is 1. The van der Waals surface area contributed by atoms with Crippen molar-refractivity contribution in [3.63, 3.8) is 0 Å². The predicted octanol–water partition coefficient (Wildman–Crippen LogP) is 4.69. The molecule has 240 valence electrons. The Balaban J connectivity index is 1.24. The summed E-state index contributed by atoms with van der Waals surface area (Å²) in [5.74, 6) is -0.260. The first-order valence-electron chi connectivity index (χ1n) is 14.8. The van der Waals surface area contributed by atoms with Crippen LogP contribution in [0.2, 0.25) is 0 Å². The van der Waals surface area contributed by atoms with Crippen molar-refractivity contribution >= 4 is 37.2 Å². The lowest BCUT2D eigenvalue weighted by atomic mass is 10.0. The number of esters is 1. The molecule has 45 heavy (non-hydrogen) atoms. The minimum atomic E-state index is -3.83. The molecule has 3 aromatic rings. The molecule has 0 spiro atoms. The quantitative estimate of drug-likeness (QED) is 0.297. The van der Waals surface area contributed by atoms with E-state index < -0.39 is 37.3 Å². The van der Waals surface area contributed by atoms with Crippen molar-refractivity contribution in [3.8, 4) is 11.3 Å². The van der Waals surface area contributed by atoms with Gasteiger partial charge in [0.1, 0.15) is 17.1 Å². The average molecular weight is 657 g/mol. The van der Waals surface area contributed by atoms with Crippen LogP contribution < -0.4 is 4.90 Å². The molecule has 2 aromatic carbocycles. The summed E-state index contributed by atoms with van der Waals surface area (Å²) in [6, 6.07) is 10.8. The number of hydrogen-bond donors (Lipinski definition) is 0. The van der Waals surface area contributed by atoms with E-state index in [-0.39, 0.29) is 51.4 Å². The lowest BCUT2D eigenvalue weighted by Crippen LogP contribution is -2.43. The maximum atomic E-state index is 13.5. The standard InChI is InChI=1S/C32H36N2O9S2/c1-32(2,3)42-31(36)19-11-13-20(14-12-19)34-21-15-22(30(34)35)24(16-21)41-17-23-28(33-43-29(23)18-9-10-18)27-25(44(4,37)38)7-6-8-26(27)45(5,39)40/h6-8,11-14,18,21-22,24H,9-10,15-17H2,1-5H3/t21-,22+,24+/m0/s1. The molecule has 0 unspecified atom stereocenters. The lowest BCUT2D eigenvalue weighted by Gasteiger charge is -2.31. The van der Waals surface area contributed by atoms with E-state index >= 15 is 0 Å². The first-order valence-corrected chi connectivity index (χ1v) is 18.6. The Kier molecular flexibility index (Phi) is 7.72. The highest BCUT2D eigenvalue weighted by Gasteiger charge is 2.52. The van der Waals surface area contributed by atoms with E-state index in [1.165, 1.54) is 18.2 Å². The highest BCUT2D eigenvalue weighted by molar-refractivity contribution is 7.91. The predicted molar refractivity (Wildman–Crippen MR) is 164 cm³/mol. The van der Waals surface area contributed by atoms with E-state index in [0.29, 0.717) is 35.4 Å². The van der Waals surface area contributed by atoms with Gasteiger partial charge in [0, 0.05) is 41.3 Å². The van der Waals surface area contributed by atoms with E-state index in [1.807, 2.05) is 0 Å². The highest BCUT2D eigenvalue weighted by atomic mass is 32.2. The summed E-state index contributed by atoms with van der Waals surface area (Å²) in [5.41, 5.74) is 1.08. The van der Waals surface area contributed by atoms with Crippen molar-refractivity contribution in [1.29, 1.82) is 0 Å². The van der Waals surface area contributed by atoms with Gasteiger partial charge < -0.3 is 18.9 Å². The van der Waals surface area contributed by atoms with Crippen molar-refractivity contribution in [2.45, 2.75) is 86.5 Å². The molecule has 2 heterocycles. The van der Waals surface area contributed by atoms with Crippen molar-refractivity contribution in [2.24, 2.45) is 5.92 Å². The fourth-order valence-electron chi connectivity index (χ4n) is 6.30. The second kappa shape index (κ2) is 11.1. The number of amides is 1. The van der Waals surface area contributed by atoms with Crippen LogP contribution in [0.3, 0.4) is 0 Å². The maximum absolute atomic E-state index is 13.5. The smallest absolute Gasteiger partial charge is 0.338 e. The van der Waals surface area contributed by atoms with Gasteiger partial charge in [0.25, 0.3) is 0 Å². The van der Waals surface area contributed by atoms with Gasteiger partial charge in [0.15, 0.2) is 19.7 Å². The Morgan fingerprint density at radius 2 is 1.60 bits per heavy atom. The SMILES string of the molecule is CC(C)(C)OC(=O)c1ccc(N2C(=O)[C@@H]3C[C@H]2C[C@H]3OCc2c(-c3c(S(C)(=O)=O)cccc3S(C)(=O)=O)noc2C2CC2)cc1. The van der Waals surface area contributed by atoms with Crippen molar-refractivity contribution in [3.05, 3.63) is 59.4 Å². The van der Waals surface area contributed by atoms with Gasteiger partial charge in [-0.25, -0.2) is 21.6 Å². The summed E-state index contributed by atoms with van der Waals surface area (Å²) < 4.78 is 68.6. The number of fused-ring (bicyclic) bond motifs is 2. The molecule has 1 saturated heterocycles. The summed E-state index contributed by atoms with van der Waals surface area (Å²) in [5, 5.41) is 4.20. The zero-order valence-electron chi connectivity index (χ0n) is 25.8. The number of carbonyl (C=O) groups excluding carboxylic acids is 2. The molecule has 6 rings (SSSR count). The maximum Gasteiger partial charge on any atom is 0.338 e. The molecule has 1 aromatic heterocycles. The van der Waals surface area contributed by atoms with Crippen molar-refractivity contribution in [1.82, 2.24) is 5.16 Å². The zero-order chi connectivity index (χ0) is 32.5. The second-order valence-electron chi connectivity index (χ2n) is 13.2. The van der Waals surface area contributed by atoms with Gasteiger partial charge in [0.05, 0.1) is 34.0 Å². The summed E-state index contributed by atoms with van der Waals surface area (Å²) in [4.78, 5) is 27.4. The van der Waals surface area contributed by atoms with E-state index in [2.05, 4.69) is 5.16 Å². The van der Waals surface area contributed by atoms with Crippen molar-refractivity contribution in [2.75, 3.05) is 17.4 Å². The van der Waals surface area contributed by atoms with Gasteiger partial charge >= 0.3 is 5.97 Å². The van der Waals surface area contributed by atoms with Gasteiger partial charge in [-0.15, -0.1) is 0 Å². The number of piperidine rings is 1. The largest absolute Gasteiger partial charge is 0.456 e. The molecule has 2 bridgehead atoms. The molecular formula is C32H36N2O9S2. The summed E-state index contributed by atoms with van der Waals surface area (Å²) in [6.45, 7) is 5.39. The third-order valence-electron chi connectivity index (χ3n) is 8.41. The minimum absolute atomic E-state index is 0.0162. The van der Waals surface area contributed by atoms with Gasteiger partial charge in [-0.05, 0) is 82.9 Å². The molecule has 13 heteroatoms. The minimum Gasteiger partial charge on any atom is -0.456 e. The summed E-state index contributed by atoms with van der Waals surface area (Å²) in [6.07, 6.45) is 4.57. The number of hydrogen-bond acceptors (Lipinski definition) is 10. The fraction of sp³-hybridized carbons (Fsp3) is 0.469. The molecule has 3 fully saturated rings. The number of carbonyl (C=O) groups is 2. The second-order valence-corrected chi connectivity index (χ2v) is 17.1. The van der Waals surface area contributed by atoms with Crippen LogP contribution >= 0.6 is 0 Å². The Bertz CT molecular complexity index is 1840. The van der Waals surface area contributed by atoms with E-state index in [1.54, 1.807) is 49.9 Å². The number of benzene rings is 2. The highest BCUT2D eigenvalue weighted by Crippen LogP contribution is 2.47. The summed E-state index contributed by atoms with van der Waals surface area (Å²) >= 11 is 0. The number of anilines is 1. The topological polar surface area (TPSA) is 150 Å². The van der Waals surface area contributed by atoms with E-state index in [9.17, 15) is 26.4 Å². The van der Waals surface area contributed by atoms with Crippen LogP contribution in [0.4, 0.5) is 5.69 Å². The fourth-order valence-corrected chi connectivity index (χ4v) is 8.17. The van der Waals surface area contributed by atoms with Crippen LogP contribution in [-0.4, -0.2) is 64.1 Å². The zero-order valence-corrected chi connectivity index (χ0v) is 27.4. The lowest BCUT2D eigenvalue weighted by molar-refractivity contribution is -0.126. The van der Waals surface area contributed by atoms with E-state index in [4.69, 9.17) is 14.0 Å². The molecular weight excluding hydrogens is 620 g/mol. The molecule has 1 amide bonds. The summed E-state index contributed by atoms with van der Waals surface area (Å²) in [7, 11) is -7.66. The number of ether oxygens (including phenoxy) is 2. The van der Waals surface area contributed by atoms with Gasteiger partial charge in [0.2, 0.25) is 5.91 Å². The molecule has 2 saturated carbocycles. The molecule has 11 nitrogen and oxygen atoms in total.